The van der Waals surface area contributed by atoms with Crippen LogP contribution < -0.4 is 5.32 Å². The molecular formula is C13H26N2. The second-order valence-corrected chi connectivity index (χ2v) is 5.83. The molecule has 2 fully saturated rings. The third-order valence-corrected chi connectivity index (χ3v) is 4.41. The fourth-order valence-corrected chi connectivity index (χ4v) is 3.20. The topological polar surface area (TPSA) is 15.3 Å². The van der Waals surface area contributed by atoms with Gasteiger partial charge in [-0.05, 0) is 50.2 Å². The Labute approximate surface area is 94.4 Å². The number of nitrogens with zero attached hydrogens (tertiary/aromatic N) is 1. The Balaban J connectivity index is 1.89. The SMILES string of the molecule is CC(C)C1CCN(C2CCNCC2C)C1. The average Bonchev–Trinajstić information content (AvgIpc) is 2.67. The van der Waals surface area contributed by atoms with Crippen molar-refractivity contribution in [3.63, 3.8) is 0 Å². The Morgan fingerprint density at radius 3 is 2.67 bits per heavy atom. The van der Waals surface area contributed by atoms with Crippen molar-refractivity contribution in [2.75, 3.05) is 26.2 Å². The minimum absolute atomic E-state index is 0.838. The Morgan fingerprint density at radius 1 is 1.27 bits per heavy atom. The maximum atomic E-state index is 3.50. The first-order valence-electron chi connectivity index (χ1n) is 6.63. The lowest BCUT2D eigenvalue weighted by Gasteiger charge is -2.36. The van der Waals surface area contributed by atoms with Gasteiger partial charge in [-0.1, -0.05) is 20.8 Å². The highest BCUT2D eigenvalue weighted by Crippen LogP contribution is 2.29. The first-order chi connectivity index (χ1) is 7.18. The molecule has 0 saturated carbocycles. The van der Waals surface area contributed by atoms with E-state index in [0.29, 0.717) is 0 Å². The van der Waals surface area contributed by atoms with Crippen molar-refractivity contribution in [1.82, 2.24) is 10.2 Å². The van der Waals surface area contributed by atoms with E-state index in [9.17, 15) is 0 Å². The third kappa shape index (κ3) is 2.54. The summed E-state index contributed by atoms with van der Waals surface area (Å²) < 4.78 is 0. The highest BCUT2D eigenvalue weighted by Gasteiger charge is 2.33. The predicted octanol–water partition coefficient (Wildman–Crippen LogP) is 1.96. The van der Waals surface area contributed by atoms with Crippen LogP contribution in [-0.4, -0.2) is 37.1 Å². The largest absolute Gasteiger partial charge is 0.316 e. The highest BCUT2D eigenvalue weighted by atomic mass is 15.2. The molecule has 0 aromatic heterocycles. The third-order valence-electron chi connectivity index (χ3n) is 4.41. The Bertz CT molecular complexity index is 203. The van der Waals surface area contributed by atoms with Crippen molar-refractivity contribution >= 4 is 0 Å². The van der Waals surface area contributed by atoms with Crippen LogP contribution in [-0.2, 0) is 0 Å². The van der Waals surface area contributed by atoms with E-state index in [0.717, 1.165) is 23.8 Å². The van der Waals surface area contributed by atoms with Crippen LogP contribution in [0.2, 0.25) is 0 Å². The zero-order chi connectivity index (χ0) is 10.8. The van der Waals surface area contributed by atoms with E-state index >= 15 is 0 Å². The van der Waals surface area contributed by atoms with Crippen molar-refractivity contribution in [2.24, 2.45) is 17.8 Å². The molecule has 15 heavy (non-hydrogen) atoms. The number of rotatable bonds is 2. The molecule has 1 N–H and O–H groups in total. The predicted molar refractivity (Wildman–Crippen MR) is 65.0 cm³/mol. The van der Waals surface area contributed by atoms with Crippen LogP contribution in [0.5, 0.6) is 0 Å². The smallest absolute Gasteiger partial charge is 0.0145 e. The molecule has 2 heteroatoms. The van der Waals surface area contributed by atoms with Crippen LogP contribution in [0.4, 0.5) is 0 Å². The molecule has 0 radical (unpaired) electrons. The van der Waals surface area contributed by atoms with Crippen molar-refractivity contribution < 1.29 is 0 Å². The fourth-order valence-electron chi connectivity index (χ4n) is 3.20. The molecule has 0 aliphatic carbocycles. The van der Waals surface area contributed by atoms with E-state index in [1.807, 2.05) is 0 Å². The van der Waals surface area contributed by atoms with Crippen LogP contribution in [0.15, 0.2) is 0 Å². The molecule has 2 aliphatic rings. The van der Waals surface area contributed by atoms with Gasteiger partial charge in [-0.2, -0.15) is 0 Å². The van der Waals surface area contributed by atoms with Gasteiger partial charge in [0.25, 0.3) is 0 Å². The van der Waals surface area contributed by atoms with Gasteiger partial charge in [0.1, 0.15) is 0 Å². The summed E-state index contributed by atoms with van der Waals surface area (Å²) in [5.74, 6) is 2.66. The van der Waals surface area contributed by atoms with Crippen molar-refractivity contribution in [3.05, 3.63) is 0 Å². The van der Waals surface area contributed by atoms with Crippen molar-refractivity contribution in [1.29, 1.82) is 0 Å². The Kier molecular flexibility index (Phi) is 3.68. The van der Waals surface area contributed by atoms with E-state index in [4.69, 9.17) is 0 Å². The van der Waals surface area contributed by atoms with E-state index in [-0.39, 0.29) is 0 Å². The molecule has 2 aliphatic heterocycles. The van der Waals surface area contributed by atoms with Gasteiger partial charge in [0.2, 0.25) is 0 Å². The van der Waals surface area contributed by atoms with Crippen LogP contribution in [0.3, 0.4) is 0 Å². The molecule has 3 unspecified atom stereocenters. The van der Waals surface area contributed by atoms with E-state index < -0.39 is 0 Å². The number of piperidine rings is 1. The lowest BCUT2D eigenvalue weighted by atomic mass is 9.93. The second-order valence-electron chi connectivity index (χ2n) is 5.83. The molecule has 2 rings (SSSR count). The molecule has 0 amide bonds. The summed E-state index contributed by atoms with van der Waals surface area (Å²) >= 11 is 0. The maximum absolute atomic E-state index is 3.50. The lowest BCUT2D eigenvalue weighted by molar-refractivity contribution is 0.140. The average molecular weight is 210 g/mol. The minimum Gasteiger partial charge on any atom is -0.316 e. The monoisotopic (exact) mass is 210 g/mol. The van der Waals surface area contributed by atoms with Crippen molar-refractivity contribution in [2.45, 2.75) is 39.7 Å². The molecule has 0 bridgehead atoms. The molecule has 0 aromatic carbocycles. The van der Waals surface area contributed by atoms with Gasteiger partial charge < -0.3 is 5.32 Å². The molecule has 0 spiro atoms. The summed E-state index contributed by atoms with van der Waals surface area (Å²) in [6.07, 6.45) is 2.78. The van der Waals surface area contributed by atoms with Gasteiger partial charge in [0, 0.05) is 12.6 Å². The summed E-state index contributed by atoms with van der Waals surface area (Å²) in [4.78, 5) is 2.76. The Morgan fingerprint density at radius 2 is 2.07 bits per heavy atom. The van der Waals surface area contributed by atoms with Crippen molar-refractivity contribution in [3.8, 4) is 0 Å². The molecule has 88 valence electrons. The van der Waals surface area contributed by atoms with Crippen LogP contribution >= 0.6 is 0 Å². The van der Waals surface area contributed by atoms with E-state index in [1.165, 1.54) is 39.0 Å². The van der Waals surface area contributed by atoms with Crippen LogP contribution in [0.1, 0.15) is 33.6 Å². The first kappa shape index (κ1) is 11.4. The van der Waals surface area contributed by atoms with E-state index in [2.05, 4.69) is 31.0 Å². The summed E-state index contributed by atoms with van der Waals surface area (Å²) in [7, 11) is 0. The molecule has 3 atom stereocenters. The fraction of sp³-hybridized carbons (Fsp3) is 1.00. The van der Waals surface area contributed by atoms with Gasteiger partial charge in [0.15, 0.2) is 0 Å². The zero-order valence-electron chi connectivity index (χ0n) is 10.5. The minimum atomic E-state index is 0.838. The standard InChI is InChI=1S/C13H26N2/c1-10(2)12-5-7-15(9-12)13-4-6-14-8-11(13)3/h10-14H,4-9H2,1-3H3. The van der Waals surface area contributed by atoms with Crippen LogP contribution in [0, 0.1) is 17.8 Å². The molecule has 2 nitrogen and oxygen atoms in total. The summed E-state index contributed by atoms with van der Waals surface area (Å²) in [5.41, 5.74) is 0. The maximum Gasteiger partial charge on any atom is 0.0145 e. The van der Waals surface area contributed by atoms with Gasteiger partial charge in [0.05, 0.1) is 0 Å². The number of hydrogen-bond acceptors (Lipinski definition) is 2. The molecule has 2 heterocycles. The zero-order valence-corrected chi connectivity index (χ0v) is 10.5. The first-order valence-corrected chi connectivity index (χ1v) is 6.63. The summed E-state index contributed by atoms with van der Waals surface area (Å²) in [5, 5.41) is 3.50. The number of hydrogen-bond donors (Lipinski definition) is 1. The number of likely N-dealkylation sites (tertiary alicyclic amines) is 1. The quantitative estimate of drug-likeness (QED) is 0.749. The molecule has 2 saturated heterocycles. The van der Waals surface area contributed by atoms with Crippen LogP contribution in [0.25, 0.3) is 0 Å². The highest BCUT2D eigenvalue weighted by molar-refractivity contribution is 4.88. The van der Waals surface area contributed by atoms with E-state index in [1.54, 1.807) is 0 Å². The lowest BCUT2D eigenvalue weighted by Crippen LogP contribution is -2.47. The molecular weight excluding hydrogens is 184 g/mol. The molecule has 0 aromatic rings. The number of nitrogens with one attached hydrogen (secondary N) is 1. The van der Waals surface area contributed by atoms with Gasteiger partial charge in [-0.15, -0.1) is 0 Å². The van der Waals surface area contributed by atoms with Gasteiger partial charge >= 0.3 is 0 Å². The summed E-state index contributed by atoms with van der Waals surface area (Å²) in [6, 6.07) is 0.856. The van der Waals surface area contributed by atoms with Gasteiger partial charge in [-0.3, -0.25) is 4.90 Å². The summed E-state index contributed by atoms with van der Waals surface area (Å²) in [6.45, 7) is 12.3. The Hall–Kier alpha value is -0.0800. The second kappa shape index (κ2) is 4.84. The van der Waals surface area contributed by atoms with Gasteiger partial charge in [-0.25, -0.2) is 0 Å². The normalized spacial score (nSPS) is 38.8.